The lowest BCUT2D eigenvalue weighted by molar-refractivity contribution is -0.135. The van der Waals surface area contributed by atoms with Crippen molar-refractivity contribution in [1.29, 1.82) is 0 Å². The molecule has 0 aromatic heterocycles. The van der Waals surface area contributed by atoms with Crippen LogP contribution in [0.2, 0.25) is 0 Å². The van der Waals surface area contributed by atoms with Gasteiger partial charge < -0.3 is 10.0 Å². The summed E-state index contributed by atoms with van der Waals surface area (Å²) in [5.41, 5.74) is 0. The van der Waals surface area contributed by atoms with Crippen molar-refractivity contribution in [2.24, 2.45) is 0 Å². The zero-order valence-corrected chi connectivity index (χ0v) is 12.0. The molecule has 0 radical (unpaired) electrons. The third-order valence-electron chi connectivity index (χ3n) is 2.88. The molecule has 0 aromatic carbocycles. The molecule has 0 spiro atoms. The van der Waals surface area contributed by atoms with Crippen molar-refractivity contribution >= 4 is 15.7 Å². The summed E-state index contributed by atoms with van der Waals surface area (Å²) in [5, 5.41) is 8.79. The maximum absolute atomic E-state index is 12.2. The number of carbonyl (C=O) groups excluding carboxylic acids is 1. The summed E-state index contributed by atoms with van der Waals surface area (Å²) in [6.07, 6.45) is 1.51. The number of nitrogens with zero attached hydrogens (tertiary/aromatic N) is 1. The Bertz CT molecular complexity index is 360. The largest absolute Gasteiger partial charge is 0.396 e. The number of rotatable bonds is 6. The molecule has 0 aliphatic carbocycles. The number of aliphatic hydroxyl groups is 1. The molecular weight excluding hydrogens is 242 g/mol. The fourth-order valence-corrected chi connectivity index (χ4v) is 1.77. The van der Waals surface area contributed by atoms with Crippen LogP contribution in [0.4, 0.5) is 0 Å². The van der Waals surface area contributed by atoms with Gasteiger partial charge >= 0.3 is 0 Å². The van der Waals surface area contributed by atoms with Gasteiger partial charge in [0.15, 0.2) is 9.84 Å². The summed E-state index contributed by atoms with van der Waals surface area (Å²) in [6.45, 7) is 6.83. The molecule has 17 heavy (non-hydrogen) atoms. The van der Waals surface area contributed by atoms with Crippen LogP contribution >= 0.6 is 0 Å². The summed E-state index contributed by atoms with van der Waals surface area (Å²) < 4.78 is 21.8. The Kier molecular flexibility index (Phi) is 5.61. The quantitative estimate of drug-likeness (QED) is 0.755. The highest BCUT2D eigenvalue weighted by Crippen LogP contribution is 2.20. The van der Waals surface area contributed by atoms with E-state index in [-0.39, 0.29) is 12.6 Å². The van der Waals surface area contributed by atoms with Gasteiger partial charge in [-0.1, -0.05) is 0 Å². The van der Waals surface area contributed by atoms with Crippen LogP contribution < -0.4 is 0 Å². The van der Waals surface area contributed by atoms with Crippen molar-refractivity contribution in [3.05, 3.63) is 0 Å². The minimum atomic E-state index is -3.46. The summed E-state index contributed by atoms with van der Waals surface area (Å²) in [7, 11) is -3.46. The lowest BCUT2D eigenvalue weighted by atomic mass is 10.1. The van der Waals surface area contributed by atoms with Crippen LogP contribution in [0.25, 0.3) is 0 Å². The van der Waals surface area contributed by atoms with Crippen molar-refractivity contribution in [2.75, 3.05) is 19.4 Å². The van der Waals surface area contributed by atoms with E-state index in [0.29, 0.717) is 13.0 Å². The van der Waals surface area contributed by atoms with E-state index in [9.17, 15) is 13.2 Å². The van der Waals surface area contributed by atoms with Gasteiger partial charge in [0.25, 0.3) is 0 Å². The van der Waals surface area contributed by atoms with Crippen LogP contribution in [-0.4, -0.2) is 54.5 Å². The molecule has 0 atom stereocenters. The Morgan fingerprint density at radius 1 is 1.35 bits per heavy atom. The van der Waals surface area contributed by atoms with Crippen LogP contribution in [0.3, 0.4) is 0 Å². The SMILES string of the molecule is CC(C)N(CCCO)C(=O)C(C)(C)S(C)(=O)=O. The molecular formula is C11H23NO4S. The van der Waals surface area contributed by atoms with Gasteiger partial charge in [-0.3, -0.25) is 4.79 Å². The summed E-state index contributed by atoms with van der Waals surface area (Å²) >= 11 is 0. The fourth-order valence-electron chi connectivity index (χ4n) is 1.34. The standard InChI is InChI=1S/C11H23NO4S/c1-9(2)12(7-6-8-13)10(14)11(3,4)17(5,15)16/h9,13H,6-8H2,1-5H3. The average Bonchev–Trinajstić information content (AvgIpc) is 2.15. The molecule has 0 fully saturated rings. The van der Waals surface area contributed by atoms with E-state index < -0.39 is 20.5 Å². The topological polar surface area (TPSA) is 74.7 Å². The van der Waals surface area contributed by atoms with Crippen LogP contribution in [0.15, 0.2) is 0 Å². The first-order valence-corrected chi connectivity index (χ1v) is 7.56. The molecule has 0 aromatic rings. The third kappa shape index (κ3) is 3.96. The number of hydrogen-bond acceptors (Lipinski definition) is 4. The summed E-state index contributed by atoms with van der Waals surface area (Å²) in [4.78, 5) is 13.7. The summed E-state index contributed by atoms with van der Waals surface area (Å²) in [6, 6.07) is -0.0879. The fraction of sp³-hybridized carbons (Fsp3) is 0.909. The molecule has 1 amide bonds. The highest BCUT2D eigenvalue weighted by molar-refractivity contribution is 7.92. The maximum atomic E-state index is 12.2. The zero-order valence-electron chi connectivity index (χ0n) is 11.2. The smallest absolute Gasteiger partial charge is 0.243 e. The van der Waals surface area contributed by atoms with E-state index in [2.05, 4.69) is 0 Å². The minimum Gasteiger partial charge on any atom is -0.396 e. The van der Waals surface area contributed by atoms with Crippen LogP contribution in [0.1, 0.15) is 34.1 Å². The highest BCUT2D eigenvalue weighted by Gasteiger charge is 2.41. The van der Waals surface area contributed by atoms with Gasteiger partial charge in [0.2, 0.25) is 5.91 Å². The first kappa shape index (κ1) is 16.4. The molecule has 0 heterocycles. The van der Waals surface area contributed by atoms with E-state index in [1.54, 1.807) is 0 Å². The normalized spacial score (nSPS) is 12.9. The number of amides is 1. The van der Waals surface area contributed by atoms with Gasteiger partial charge in [0.1, 0.15) is 4.75 Å². The molecule has 0 unspecified atom stereocenters. The molecule has 0 saturated heterocycles. The Morgan fingerprint density at radius 2 is 1.82 bits per heavy atom. The Balaban J connectivity index is 5.09. The van der Waals surface area contributed by atoms with E-state index in [0.717, 1.165) is 6.26 Å². The lowest BCUT2D eigenvalue weighted by Crippen LogP contribution is -2.52. The van der Waals surface area contributed by atoms with Crippen molar-refractivity contribution in [1.82, 2.24) is 4.90 Å². The molecule has 102 valence electrons. The minimum absolute atomic E-state index is 0.0181. The molecule has 0 aliphatic rings. The van der Waals surface area contributed by atoms with E-state index >= 15 is 0 Å². The Labute approximate surface area is 104 Å². The van der Waals surface area contributed by atoms with Gasteiger partial charge in [0, 0.05) is 25.4 Å². The van der Waals surface area contributed by atoms with Crippen molar-refractivity contribution in [3.8, 4) is 0 Å². The van der Waals surface area contributed by atoms with Gasteiger partial charge in [-0.15, -0.1) is 0 Å². The molecule has 6 heteroatoms. The van der Waals surface area contributed by atoms with Crippen molar-refractivity contribution in [3.63, 3.8) is 0 Å². The second-order valence-electron chi connectivity index (χ2n) is 4.95. The lowest BCUT2D eigenvalue weighted by Gasteiger charge is -2.33. The highest BCUT2D eigenvalue weighted by atomic mass is 32.2. The van der Waals surface area contributed by atoms with Gasteiger partial charge in [-0.2, -0.15) is 0 Å². The molecule has 0 bridgehead atoms. The van der Waals surface area contributed by atoms with Crippen molar-refractivity contribution in [2.45, 2.75) is 44.9 Å². The second-order valence-corrected chi connectivity index (χ2v) is 7.52. The van der Waals surface area contributed by atoms with Gasteiger partial charge in [-0.05, 0) is 34.1 Å². The molecule has 5 nitrogen and oxygen atoms in total. The van der Waals surface area contributed by atoms with Gasteiger partial charge in [-0.25, -0.2) is 8.42 Å². The van der Waals surface area contributed by atoms with Crippen molar-refractivity contribution < 1.29 is 18.3 Å². The summed E-state index contributed by atoms with van der Waals surface area (Å²) in [5.74, 6) is -0.413. The maximum Gasteiger partial charge on any atom is 0.243 e. The Morgan fingerprint density at radius 3 is 2.12 bits per heavy atom. The number of aliphatic hydroxyl groups excluding tert-OH is 1. The van der Waals surface area contributed by atoms with Crippen LogP contribution in [-0.2, 0) is 14.6 Å². The molecule has 1 N–H and O–H groups in total. The van der Waals surface area contributed by atoms with E-state index in [1.165, 1.54) is 18.7 Å². The number of hydrogen-bond donors (Lipinski definition) is 1. The average molecular weight is 265 g/mol. The van der Waals surface area contributed by atoms with E-state index in [4.69, 9.17) is 5.11 Å². The zero-order chi connectivity index (χ0) is 13.9. The predicted molar refractivity (Wildman–Crippen MR) is 67.5 cm³/mol. The monoisotopic (exact) mass is 265 g/mol. The number of sulfone groups is 1. The Hall–Kier alpha value is -0.620. The third-order valence-corrected chi connectivity index (χ3v) is 4.91. The first-order valence-electron chi connectivity index (χ1n) is 5.67. The molecule has 0 saturated carbocycles. The van der Waals surface area contributed by atoms with Crippen LogP contribution in [0, 0.1) is 0 Å². The second kappa shape index (κ2) is 5.82. The van der Waals surface area contributed by atoms with Crippen LogP contribution in [0.5, 0.6) is 0 Å². The number of carbonyl (C=O) groups is 1. The molecule has 0 aliphatic heterocycles. The first-order chi connectivity index (χ1) is 7.55. The van der Waals surface area contributed by atoms with Gasteiger partial charge in [0.05, 0.1) is 0 Å². The van der Waals surface area contributed by atoms with E-state index in [1.807, 2.05) is 13.8 Å². The molecule has 0 rings (SSSR count). The predicted octanol–water partition coefficient (Wildman–Crippen LogP) is 0.429.